The van der Waals surface area contributed by atoms with Crippen LogP contribution in [-0.4, -0.2) is 52.7 Å². The van der Waals surface area contributed by atoms with Gasteiger partial charge in [0.05, 0.1) is 19.8 Å². The topological polar surface area (TPSA) is 66.4 Å². The maximum atomic E-state index is 11.8. The van der Waals surface area contributed by atoms with Gasteiger partial charge in [0.2, 0.25) is 6.29 Å². The largest absolute Gasteiger partial charge is 0.497 e. The average Bonchev–Trinajstić information content (AvgIpc) is 2.68. The second kappa shape index (κ2) is 10.3. The lowest BCUT2D eigenvalue weighted by molar-refractivity contribution is -0.231. The molecule has 0 aromatic heterocycles. The highest BCUT2D eigenvalue weighted by molar-refractivity contribution is 6.74. The highest BCUT2D eigenvalue weighted by Gasteiger charge is 2.45. The Hall–Kier alpha value is -1.70. The fourth-order valence-corrected chi connectivity index (χ4v) is 4.32. The third kappa shape index (κ3) is 6.64. The van der Waals surface area contributed by atoms with Gasteiger partial charge in [0, 0.05) is 13.1 Å². The fraction of sp³-hybridized carbons (Fsp3) is 0.667. The van der Waals surface area contributed by atoms with E-state index in [-0.39, 0.29) is 35.0 Å². The third-order valence-electron chi connectivity index (χ3n) is 6.75. The molecule has 0 bridgehead atoms. The first-order valence-corrected chi connectivity index (χ1v) is 13.9. The van der Waals surface area contributed by atoms with Crippen LogP contribution < -0.4 is 4.74 Å². The molecule has 1 aliphatic heterocycles. The van der Waals surface area contributed by atoms with Gasteiger partial charge in [-0.2, -0.15) is 0 Å². The lowest BCUT2D eigenvalue weighted by Gasteiger charge is -2.44. The molecule has 0 aliphatic carbocycles. The molecule has 1 aliphatic rings. The minimum absolute atomic E-state index is 0.122. The van der Waals surface area contributed by atoms with Crippen LogP contribution in [0.15, 0.2) is 29.3 Å². The molecule has 2 rings (SSSR count). The Morgan fingerprint density at radius 1 is 1.16 bits per heavy atom. The van der Waals surface area contributed by atoms with Crippen molar-refractivity contribution in [1.82, 2.24) is 0 Å². The van der Waals surface area contributed by atoms with Crippen LogP contribution in [0.25, 0.3) is 0 Å². The van der Waals surface area contributed by atoms with Crippen LogP contribution in [0.4, 0.5) is 0 Å². The number of nitrogens with zero attached hydrogens (tertiary/aromatic N) is 1. The quantitative estimate of drug-likeness (QED) is 0.330. The van der Waals surface area contributed by atoms with E-state index in [0.29, 0.717) is 6.61 Å². The van der Waals surface area contributed by atoms with Gasteiger partial charge in [-0.1, -0.05) is 34.6 Å². The smallest absolute Gasteiger partial charge is 0.305 e. The summed E-state index contributed by atoms with van der Waals surface area (Å²) in [6.07, 6.45) is 0.923. The van der Waals surface area contributed by atoms with E-state index in [0.717, 1.165) is 11.3 Å². The predicted molar refractivity (Wildman–Crippen MR) is 126 cm³/mol. The molecule has 0 amide bonds. The Labute approximate surface area is 188 Å². The molecule has 1 fully saturated rings. The first kappa shape index (κ1) is 25.6. The Balaban J connectivity index is 2.16. The molecule has 2 unspecified atom stereocenters. The van der Waals surface area contributed by atoms with Crippen molar-refractivity contribution in [3.05, 3.63) is 29.8 Å². The molecule has 1 aromatic rings. The molecule has 0 saturated carbocycles. The number of methoxy groups -OCH3 is 1. The summed E-state index contributed by atoms with van der Waals surface area (Å²) in [6, 6.07) is 7.38. The van der Waals surface area contributed by atoms with Crippen LogP contribution in [0.3, 0.4) is 0 Å². The van der Waals surface area contributed by atoms with Crippen molar-refractivity contribution >= 4 is 20.5 Å². The fourth-order valence-electron chi connectivity index (χ4n) is 3.30. The van der Waals surface area contributed by atoms with Gasteiger partial charge in [0.15, 0.2) is 8.32 Å². The maximum absolute atomic E-state index is 11.8. The first-order chi connectivity index (χ1) is 14.4. The number of hydrogen-bond acceptors (Lipinski definition) is 6. The minimum Gasteiger partial charge on any atom is -0.497 e. The van der Waals surface area contributed by atoms with Crippen molar-refractivity contribution in [3.63, 3.8) is 0 Å². The van der Waals surface area contributed by atoms with Crippen LogP contribution in [0.1, 0.15) is 47.1 Å². The molecule has 1 heterocycles. The summed E-state index contributed by atoms with van der Waals surface area (Å²) in [5.74, 6) is 0.776. The molecule has 7 heteroatoms. The Morgan fingerprint density at radius 2 is 1.77 bits per heavy atom. The van der Waals surface area contributed by atoms with Crippen LogP contribution >= 0.6 is 0 Å². The van der Waals surface area contributed by atoms with Crippen molar-refractivity contribution < 1.29 is 23.4 Å². The second-order valence-electron chi connectivity index (χ2n) is 9.98. The number of carbonyl (C=O) groups excluding carboxylic acids is 1. The summed E-state index contributed by atoms with van der Waals surface area (Å²) in [5, 5.41) is 0.122. The van der Waals surface area contributed by atoms with Crippen LogP contribution in [-0.2, 0) is 18.7 Å². The van der Waals surface area contributed by atoms with Crippen LogP contribution in [0, 0.1) is 11.8 Å². The van der Waals surface area contributed by atoms with E-state index >= 15 is 0 Å². The van der Waals surface area contributed by atoms with Gasteiger partial charge in [0.25, 0.3) is 0 Å². The summed E-state index contributed by atoms with van der Waals surface area (Å²) in [7, 11) is -0.267. The van der Waals surface area contributed by atoms with Gasteiger partial charge >= 0.3 is 5.97 Å². The van der Waals surface area contributed by atoms with E-state index in [1.807, 2.05) is 24.3 Å². The molecule has 31 heavy (non-hydrogen) atoms. The van der Waals surface area contributed by atoms with Crippen molar-refractivity contribution in [3.8, 4) is 5.75 Å². The van der Waals surface area contributed by atoms with Crippen molar-refractivity contribution in [1.29, 1.82) is 0 Å². The van der Waals surface area contributed by atoms with Crippen molar-refractivity contribution in [2.75, 3.05) is 13.7 Å². The van der Waals surface area contributed by atoms with Crippen LogP contribution in [0.2, 0.25) is 18.1 Å². The van der Waals surface area contributed by atoms with E-state index in [9.17, 15) is 4.79 Å². The Bertz CT molecular complexity index is 756. The average molecular weight is 450 g/mol. The highest BCUT2D eigenvalue weighted by atomic mass is 28.4. The summed E-state index contributed by atoms with van der Waals surface area (Å²) in [4.78, 5) is 16.5. The number of rotatable bonds is 7. The summed E-state index contributed by atoms with van der Waals surface area (Å²) in [6.45, 7) is 17.3. The SMILES string of the molecule is COc1ccc(C=NC2[C@H](OC(C)=O)OC(CO[Si](C)(C)C(C)(C)C)[C@@H](C)[C@@H]2C)cc1. The molecule has 1 aromatic carbocycles. The zero-order valence-corrected chi connectivity index (χ0v) is 21.5. The van der Waals surface area contributed by atoms with E-state index in [4.69, 9.17) is 23.6 Å². The van der Waals surface area contributed by atoms with Gasteiger partial charge in [-0.05, 0) is 59.8 Å². The molecule has 174 valence electrons. The normalized spacial score (nSPS) is 27.3. The molecule has 1 saturated heterocycles. The van der Waals surface area contributed by atoms with Gasteiger partial charge in [-0.25, -0.2) is 0 Å². The molecule has 0 spiro atoms. The molecule has 0 N–H and O–H groups in total. The number of carbonyl (C=O) groups is 1. The van der Waals surface area contributed by atoms with E-state index < -0.39 is 14.6 Å². The summed E-state index contributed by atoms with van der Waals surface area (Å²) < 4.78 is 23.4. The molecular formula is C24H39NO5Si. The van der Waals surface area contributed by atoms with Gasteiger partial charge in [0.1, 0.15) is 11.8 Å². The maximum Gasteiger partial charge on any atom is 0.305 e. The third-order valence-corrected chi connectivity index (χ3v) is 11.3. The Kier molecular flexibility index (Phi) is 8.47. The van der Waals surface area contributed by atoms with E-state index in [1.165, 1.54) is 6.92 Å². The zero-order chi connectivity index (χ0) is 23.4. The van der Waals surface area contributed by atoms with Gasteiger partial charge < -0.3 is 18.6 Å². The minimum atomic E-state index is -1.91. The molecule has 5 atom stereocenters. The first-order valence-electron chi connectivity index (χ1n) is 11.0. The number of ether oxygens (including phenoxy) is 3. The van der Waals surface area contributed by atoms with Crippen molar-refractivity contribution in [2.45, 2.75) is 78.1 Å². The zero-order valence-electron chi connectivity index (χ0n) is 20.5. The van der Waals surface area contributed by atoms with Gasteiger partial charge in [-0.15, -0.1) is 0 Å². The predicted octanol–water partition coefficient (Wildman–Crippen LogP) is 5.06. The Morgan fingerprint density at radius 3 is 2.29 bits per heavy atom. The van der Waals surface area contributed by atoms with Crippen molar-refractivity contribution in [2.24, 2.45) is 16.8 Å². The lowest BCUT2D eigenvalue weighted by atomic mass is 9.82. The van der Waals surface area contributed by atoms with Gasteiger partial charge in [-0.3, -0.25) is 9.79 Å². The number of benzene rings is 1. The highest BCUT2D eigenvalue weighted by Crippen LogP contribution is 2.38. The molecule has 6 nitrogen and oxygen atoms in total. The number of hydrogen-bond donors (Lipinski definition) is 0. The summed E-state index contributed by atoms with van der Waals surface area (Å²) >= 11 is 0. The monoisotopic (exact) mass is 449 g/mol. The standard InChI is InChI=1S/C24H39NO5Si/c1-16-17(2)22(25-14-19-10-12-20(27-7)13-11-19)23(29-18(3)26)30-21(16)15-28-31(8,9)24(4,5)6/h10-14,16-17,21-23H,15H2,1-9H3/t16-,17-,21?,22?,23+/m0/s1. The lowest BCUT2D eigenvalue weighted by Crippen LogP contribution is -2.53. The number of aliphatic imine (C=N–C) groups is 1. The van der Waals surface area contributed by atoms with E-state index in [1.54, 1.807) is 13.3 Å². The van der Waals surface area contributed by atoms with E-state index in [2.05, 4.69) is 47.7 Å². The summed E-state index contributed by atoms with van der Waals surface area (Å²) in [5.41, 5.74) is 0.950. The van der Waals surface area contributed by atoms with Crippen LogP contribution in [0.5, 0.6) is 5.75 Å². The second-order valence-corrected chi connectivity index (χ2v) is 14.8. The number of esters is 1. The molecular weight excluding hydrogens is 410 g/mol. The molecule has 0 radical (unpaired) electrons.